The topological polar surface area (TPSA) is 71.3 Å². The Hall–Kier alpha value is -2.09. The lowest BCUT2D eigenvalue weighted by molar-refractivity contribution is 0.187. The molecule has 140 valence electrons. The average molecular weight is 423 g/mol. The van der Waals surface area contributed by atoms with E-state index in [1.165, 1.54) is 0 Å². The van der Waals surface area contributed by atoms with Gasteiger partial charge in [0.05, 0.1) is 16.0 Å². The van der Waals surface area contributed by atoms with Gasteiger partial charge in [-0.3, -0.25) is 0 Å². The van der Waals surface area contributed by atoms with Crippen LogP contribution in [-0.2, 0) is 0 Å². The van der Waals surface area contributed by atoms with Gasteiger partial charge in [0.25, 0.3) is 0 Å². The first-order valence-electron chi connectivity index (χ1n) is 8.47. The highest BCUT2D eigenvalue weighted by Gasteiger charge is 2.28. The molecule has 1 aliphatic heterocycles. The predicted octanol–water partition coefficient (Wildman–Crippen LogP) is 5.52. The molecule has 3 aromatic rings. The number of amides is 2. The third-order valence-corrected chi connectivity index (χ3v) is 5.86. The van der Waals surface area contributed by atoms with Crippen LogP contribution in [0.15, 0.2) is 39.4 Å². The van der Waals surface area contributed by atoms with Crippen molar-refractivity contribution in [3.63, 3.8) is 0 Å². The van der Waals surface area contributed by atoms with Crippen LogP contribution in [0.2, 0.25) is 10.0 Å². The first-order chi connectivity index (χ1) is 13.1. The van der Waals surface area contributed by atoms with E-state index < -0.39 is 0 Å². The number of hydrogen-bond acceptors (Lipinski definition) is 5. The molecule has 1 aliphatic rings. The van der Waals surface area contributed by atoms with Crippen LogP contribution >= 0.6 is 34.5 Å². The zero-order valence-electron chi connectivity index (χ0n) is 14.2. The van der Waals surface area contributed by atoms with Crippen LogP contribution in [0.5, 0.6) is 0 Å². The molecule has 3 heterocycles. The maximum absolute atomic E-state index is 12.6. The van der Waals surface area contributed by atoms with Crippen molar-refractivity contribution in [3.8, 4) is 11.5 Å². The van der Waals surface area contributed by atoms with E-state index in [4.69, 9.17) is 27.6 Å². The number of carbonyl (C=O) groups excluding carboxylic acids is 1. The van der Waals surface area contributed by atoms with E-state index in [2.05, 4.69) is 15.5 Å². The number of rotatable bonds is 3. The molecule has 27 heavy (non-hydrogen) atoms. The van der Waals surface area contributed by atoms with Crippen LogP contribution in [0.1, 0.15) is 24.7 Å². The smallest absolute Gasteiger partial charge is 0.321 e. The Morgan fingerprint density at radius 2 is 2.15 bits per heavy atom. The molecule has 9 heteroatoms. The number of anilines is 1. The molecule has 1 unspecified atom stereocenters. The van der Waals surface area contributed by atoms with Crippen LogP contribution in [0.4, 0.5) is 10.5 Å². The zero-order valence-corrected chi connectivity index (χ0v) is 16.5. The van der Waals surface area contributed by atoms with E-state index >= 15 is 0 Å². The first-order valence-corrected chi connectivity index (χ1v) is 10.2. The van der Waals surface area contributed by atoms with Gasteiger partial charge < -0.3 is 14.6 Å². The minimum Gasteiger partial charge on any atom is -0.420 e. The summed E-state index contributed by atoms with van der Waals surface area (Å²) in [6.07, 6.45) is 1.78. The summed E-state index contributed by atoms with van der Waals surface area (Å²) in [4.78, 5) is 14.4. The summed E-state index contributed by atoms with van der Waals surface area (Å²) in [6, 6.07) is 6.77. The van der Waals surface area contributed by atoms with Gasteiger partial charge in [0.1, 0.15) is 0 Å². The maximum atomic E-state index is 12.6. The molecule has 0 bridgehead atoms. The van der Waals surface area contributed by atoms with E-state index in [1.54, 1.807) is 34.4 Å². The summed E-state index contributed by atoms with van der Waals surface area (Å²) in [5.74, 6) is 1.12. The summed E-state index contributed by atoms with van der Waals surface area (Å²) < 4.78 is 5.84. The van der Waals surface area contributed by atoms with Crippen LogP contribution in [-0.4, -0.2) is 34.2 Å². The highest BCUT2D eigenvalue weighted by Crippen LogP contribution is 2.30. The van der Waals surface area contributed by atoms with Crippen LogP contribution in [0.3, 0.4) is 0 Å². The second-order valence-corrected chi connectivity index (χ2v) is 7.90. The summed E-state index contributed by atoms with van der Waals surface area (Å²) in [6.45, 7) is 1.20. The minimum atomic E-state index is -0.185. The highest BCUT2D eigenvalue weighted by atomic mass is 35.5. The molecule has 0 radical (unpaired) electrons. The number of likely N-dealkylation sites (tertiary alicyclic amines) is 1. The summed E-state index contributed by atoms with van der Waals surface area (Å²) in [7, 11) is 0. The third kappa shape index (κ3) is 4.10. The molecule has 2 aromatic heterocycles. The van der Waals surface area contributed by atoms with Gasteiger partial charge in [-0.25, -0.2) is 4.79 Å². The van der Waals surface area contributed by atoms with Gasteiger partial charge in [0, 0.05) is 29.7 Å². The van der Waals surface area contributed by atoms with E-state index in [9.17, 15) is 4.79 Å². The van der Waals surface area contributed by atoms with Gasteiger partial charge in [-0.2, -0.15) is 11.3 Å². The Balaban J connectivity index is 1.43. The predicted molar refractivity (Wildman–Crippen MR) is 107 cm³/mol. The number of urea groups is 1. The number of benzene rings is 1. The van der Waals surface area contributed by atoms with Crippen molar-refractivity contribution in [1.82, 2.24) is 15.1 Å². The molecule has 6 nitrogen and oxygen atoms in total. The molecule has 1 atom stereocenters. The number of carbonyl (C=O) groups is 1. The second kappa shape index (κ2) is 7.88. The lowest BCUT2D eigenvalue weighted by Crippen LogP contribution is -2.41. The van der Waals surface area contributed by atoms with Crippen LogP contribution in [0.25, 0.3) is 11.5 Å². The third-order valence-electron chi connectivity index (χ3n) is 4.44. The van der Waals surface area contributed by atoms with Crippen molar-refractivity contribution >= 4 is 46.3 Å². The molecule has 0 aliphatic carbocycles. The van der Waals surface area contributed by atoms with Gasteiger partial charge in [0.2, 0.25) is 11.8 Å². The van der Waals surface area contributed by atoms with Gasteiger partial charge in [-0.05, 0) is 42.5 Å². The number of hydrogen-bond donors (Lipinski definition) is 1. The number of nitrogens with one attached hydrogen (secondary N) is 1. The van der Waals surface area contributed by atoms with Gasteiger partial charge in [-0.1, -0.05) is 23.2 Å². The van der Waals surface area contributed by atoms with Crippen LogP contribution in [0, 0.1) is 0 Å². The fourth-order valence-electron chi connectivity index (χ4n) is 3.04. The minimum absolute atomic E-state index is 0.0261. The van der Waals surface area contributed by atoms with E-state index in [1.807, 2.05) is 16.8 Å². The maximum Gasteiger partial charge on any atom is 0.321 e. The Bertz CT molecular complexity index is 945. The van der Waals surface area contributed by atoms with E-state index in [-0.39, 0.29) is 11.9 Å². The lowest BCUT2D eigenvalue weighted by Gasteiger charge is -2.31. The average Bonchev–Trinajstić information content (AvgIpc) is 3.36. The van der Waals surface area contributed by atoms with Gasteiger partial charge in [0.15, 0.2) is 0 Å². The molecular weight excluding hydrogens is 407 g/mol. The van der Waals surface area contributed by atoms with Crippen molar-refractivity contribution in [3.05, 3.63) is 51.0 Å². The number of piperidine rings is 1. The Kier molecular flexibility index (Phi) is 5.33. The molecule has 1 fully saturated rings. The quantitative estimate of drug-likeness (QED) is 0.603. The molecule has 4 rings (SSSR count). The van der Waals surface area contributed by atoms with Crippen molar-refractivity contribution in [2.75, 3.05) is 18.4 Å². The molecule has 0 spiro atoms. The highest BCUT2D eigenvalue weighted by molar-refractivity contribution is 7.08. The van der Waals surface area contributed by atoms with Crippen molar-refractivity contribution < 1.29 is 9.21 Å². The largest absolute Gasteiger partial charge is 0.420 e. The number of nitrogens with zero attached hydrogens (tertiary/aromatic N) is 3. The number of halogens is 2. The molecule has 1 N–H and O–H groups in total. The Labute approximate surface area is 170 Å². The van der Waals surface area contributed by atoms with Crippen molar-refractivity contribution in [2.45, 2.75) is 18.8 Å². The van der Waals surface area contributed by atoms with Crippen LogP contribution < -0.4 is 5.32 Å². The first kappa shape index (κ1) is 18.3. The summed E-state index contributed by atoms with van der Waals surface area (Å²) in [5.41, 5.74) is 1.53. The lowest BCUT2D eigenvalue weighted by atomic mass is 9.98. The van der Waals surface area contributed by atoms with Gasteiger partial charge >= 0.3 is 6.03 Å². The number of aromatic nitrogens is 2. The van der Waals surface area contributed by atoms with Crippen molar-refractivity contribution in [2.24, 2.45) is 0 Å². The molecular formula is C18H16Cl2N4O2S. The second-order valence-electron chi connectivity index (χ2n) is 6.30. The van der Waals surface area contributed by atoms with E-state index in [0.29, 0.717) is 40.6 Å². The van der Waals surface area contributed by atoms with Gasteiger partial charge in [-0.15, -0.1) is 10.2 Å². The Morgan fingerprint density at radius 1 is 1.26 bits per heavy atom. The monoisotopic (exact) mass is 422 g/mol. The van der Waals surface area contributed by atoms with E-state index in [0.717, 1.165) is 18.4 Å². The molecule has 1 aromatic carbocycles. The fourth-order valence-corrected chi connectivity index (χ4v) is 3.97. The standard InChI is InChI=1S/C18H16Cl2N4O2S/c19-14-4-3-13(8-15(14)20)21-18(25)24-6-1-2-11(9-24)16-22-23-17(26-16)12-5-7-27-10-12/h3-5,7-8,10-11H,1-2,6,9H2,(H,21,25). The fraction of sp³-hybridized carbons (Fsp3) is 0.278. The molecule has 0 saturated carbocycles. The number of thiophene rings is 1. The zero-order chi connectivity index (χ0) is 18.8. The Morgan fingerprint density at radius 3 is 2.93 bits per heavy atom. The molecule has 1 saturated heterocycles. The van der Waals surface area contributed by atoms with Crippen molar-refractivity contribution in [1.29, 1.82) is 0 Å². The summed E-state index contributed by atoms with van der Waals surface area (Å²) >= 11 is 13.5. The summed E-state index contributed by atoms with van der Waals surface area (Å²) in [5, 5.41) is 16.0. The SMILES string of the molecule is O=C(Nc1ccc(Cl)c(Cl)c1)N1CCCC(c2nnc(-c3ccsc3)o2)C1. The normalized spacial score (nSPS) is 17.1. The molecule has 2 amide bonds.